The smallest absolute Gasteiger partial charge is 0.0223 e. The molecule has 3 heteroatoms. The van der Waals surface area contributed by atoms with Crippen LogP contribution in [0.3, 0.4) is 0 Å². The molecule has 1 N–H and O–H groups in total. The van der Waals surface area contributed by atoms with Crippen molar-refractivity contribution in [2.45, 2.75) is 51.6 Å². The van der Waals surface area contributed by atoms with Crippen molar-refractivity contribution in [1.29, 1.82) is 0 Å². The standard InChI is InChI=1S/C15H31N3/c1-4-18-9-5-6-15(18)12-17(3)11-14-7-8-16-13(2)10-14/h13-16H,4-12H2,1-3H3. The Morgan fingerprint density at radius 1 is 1.28 bits per heavy atom. The van der Waals surface area contributed by atoms with Crippen molar-refractivity contribution in [3.05, 3.63) is 0 Å². The first-order chi connectivity index (χ1) is 8.69. The lowest BCUT2D eigenvalue weighted by Crippen LogP contribution is -2.43. The molecule has 2 fully saturated rings. The number of nitrogens with one attached hydrogen (secondary N) is 1. The highest BCUT2D eigenvalue weighted by molar-refractivity contribution is 4.82. The van der Waals surface area contributed by atoms with Crippen LogP contribution in [-0.4, -0.2) is 61.7 Å². The molecule has 106 valence electrons. The van der Waals surface area contributed by atoms with Gasteiger partial charge in [0.2, 0.25) is 0 Å². The van der Waals surface area contributed by atoms with E-state index in [1.54, 1.807) is 0 Å². The van der Waals surface area contributed by atoms with Gasteiger partial charge in [-0.1, -0.05) is 6.92 Å². The molecule has 18 heavy (non-hydrogen) atoms. The summed E-state index contributed by atoms with van der Waals surface area (Å²) in [6.45, 7) is 10.9. The first-order valence-corrected chi connectivity index (χ1v) is 7.85. The van der Waals surface area contributed by atoms with E-state index in [4.69, 9.17) is 0 Å². The van der Waals surface area contributed by atoms with Crippen molar-refractivity contribution in [2.75, 3.05) is 39.8 Å². The lowest BCUT2D eigenvalue weighted by molar-refractivity contribution is 0.166. The molecule has 0 spiro atoms. The summed E-state index contributed by atoms with van der Waals surface area (Å²) >= 11 is 0. The highest BCUT2D eigenvalue weighted by atomic mass is 15.2. The predicted molar refractivity (Wildman–Crippen MR) is 78.0 cm³/mol. The van der Waals surface area contributed by atoms with E-state index in [0.29, 0.717) is 0 Å². The summed E-state index contributed by atoms with van der Waals surface area (Å²) in [5.74, 6) is 0.905. The van der Waals surface area contributed by atoms with Crippen LogP contribution in [0.5, 0.6) is 0 Å². The Balaban J connectivity index is 1.72. The summed E-state index contributed by atoms with van der Waals surface area (Å²) in [4.78, 5) is 5.24. The van der Waals surface area contributed by atoms with E-state index in [9.17, 15) is 0 Å². The maximum atomic E-state index is 3.55. The zero-order valence-electron chi connectivity index (χ0n) is 12.5. The normalized spacial score (nSPS) is 34.3. The van der Waals surface area contributed by atoms with Crippen molar-refractivity contribution in [2.24, 2.45) is 5.92 Å². The van der Waals surface area contributed by atoms with Crippen LogP contribution in [0.4, 0.5) is 0 Å². The molecule has 0 saturated carbocycles. The lowest BCUT2D eigenvalue weighted by atomic mass is 9.93. The maximum Gasteiger partial charge on any atom is 0.0223 e. The molecule has 2 aliphatic heterocycles. The van der Waals surface area contributed by atoms with Crippen LogP contribution < -0.4 is 5.32 Å². The Morgan fingerprint density at radius 2 is 2.11 bits per heavy atom. The summed E-state index contributed by atoms with van der Waals surface area (Å²) in [6, 6.07) is 1.54. The maximum absolute atomic E-state index is 3.55. The molecule has 3 atom stereocenters. The van der Waals surface area contributed by atoms with E-state index in [0.717, 1.165) is 18.0 Å². The number of rotatable bonds is 5. The lowest BCUT2D eigenvalue weighted by Gasteiger charge is -2.33. The topological polar surface area (TPSA) is 18.5 Å². The Bertz CT molecular complexity index is 244. The summed E-state index contributed by atoms with van der Waals surface area (Å²) < 4.78 is 0. The minimum absolute atomic E-state index is 0.718. The number of likely N-dealkylation sites (N-methyl/N-ethyl adjacent to an activating group) is 2. The molecular weight excluding hydrogens is 222 g/mol. The highest BCUT2D eigenvalue weighted by Gasteiger charge is 2.25. The van der Waals surface area contributed by atoms with Gasteiger partial charge in [-0.2, -0.15) is 0 Å². The number of likely N-dealkylation sites (tertiary alicyclic amines) is 1. The molecule has 2 heterocycles. The van der Waals surface area contributed by atoms with Gasteiger partial charge in [0, 0.05) is 25.2 Å². The van der Waals surface area contributed by atoms with Gasteiger partial charge < -0.3 is 10.2 Å². The minimum atomic E-state index is 0.718. The van der Waals surface area contributed by atoms with E-state index in [1.165, 1.54) is 58.4 Å². The molecule has 0 aromatic heterocycles. The summed E-state index contributed by atoms with van der Waals surface area (Å²) in [6.07, 6.45) is 5.51. The monoisotopic (exact) mass is 253 g/mol. The quantitative estimate of drug-likeness (QED) is 0.806. The van der Waals surface area contributed by atoms with Crippen molar-refractivity contribution in [3.63, 3.8) is 0 Å². The first kappa shape index (κ1) is 14.3. The van der Waals surface area contributed by atoms with Gasteiger partial charge in [-0.25, -0.2) is 0 Å². The molecule has 2 aliphatic rings. The number of hydrogen-bond acceptors (Lipinski definition) is 3. The molecule has 0 aliphatic carbocycles. The van der Waals surface area contributed by atoms with E-state index < -0.39 is 0 Å². The van der Waals surface area contributed by atoms with Crippen LogP contribution in [0.1, 0.15) is 39.5 Å². The van der Waals surface area contributed by atoms with Crippen LogP contribution in [0, 0.1) is 5.92 Å². The van der Waals surface area contributed by atoms with Crippen molar-refractivity contribution in [3.8, 4) is 0 Å². The fourth-order valence-electron chi connectivity index (χ4n) is 3.79. The number of nitrogens with zero attached hydrogens (tertiary/aromatic N) is 2. The Hall–Kier alpha value is -0.120. The zero-order chi connectivity index (χ0) is 13.0. The van der Waals surface area contributed by atoms with Gasteiger partial charge in [0.05, 0.1) is 0 Å². The van der Waals surface area contributed by atoms with E-state index in [-0.39, 0.29) is 0 Å². The second-order valence-corrected chi connectivity index (χ2v) is 6.39. The Morgan fingerprint density at radius 3 is 2.83 bits per heavy atom. The first-order valence-electron chi connectivity index (χ1n) is 7.85. The summed E-state index contributed by atoms with van der Waals surface area (Å²) in [7, 11) is 2.32. The van der Waals surface area contributed by atoms with Gasteiger partial charge in [-0.15, -0.1) is 0 Å². The minimum Gasteiger partial charge on any atom is -0.314 e. The van der Waals surface area contributed by atoms with E-state index in [1.807, 2.05) is 0 Å². The molecule has 3 unspecified atom stereocenters. The molecular formula is C15H31N3. The van der Waals surface area contributed by atoms with Crippen molar-refractivity contribution < 1.29 is 0 Å². The zero-order valence-corrected chi connectivity index (χ0v) is 12.5. The third kappa shape index (κ3) is 3.94. The van der Waals surface area contributed by atoms with Crippen LogP contribution in [-0.2, 0) is 0 Å². The largest absolute Gasteiger partial charge is 0.314 e. The molecule has 0 aromatic carbocycles. The van der Waals surface area contributed by atoms with Gasteiger partial charge in [0.25, 0.3) is 0 Å². The molecule has 0 radical (unpaired) electrons. The second kappa shape index (κ2) is 6.88. The van der Waals surface area contributed by atoms with Gasteiger partial charge in [-0.3, -0.25) is 4.90 Å². The van der Waals surface area contributed by atoms with Gasteiger partial charge in [0.1, 0.15) is 0 Å². The van der Waals surface area contributed by atoms with E-state index in [2.05, 4.69) is 36.0 Å². The molecule has 2 rings (SSSR count). The third-order valence-corrected chi connectivity index (χ3v) is 4.73. The molecule has 0 amide bonds. The average molecular weight is 253 g/mol. The average Bonchev–Trinajstić information content (AvgIpc) is 2.76. The van der Waals surface area contributed by atoms with Crippen LogP contribution in [0.15, 0.2) is 0 Å². The number of hydrogen-bond donors (Lipinski definition) is 1. The predicted octanol–water partition coefficient (Wildman–Crippen LogP) is 1.79. The van der Waals surface area contributed by atoms with E-state index >= 15 is 0 Å². The fourth-order valence-corrected chi connectivity index (χ4v) is 3.79. The third-order valence-electron chi connectivity index (χ3n) is 4.73. The summed E-state index contributed by atoms with van der Waals surface area (Å²) in [5.41, 5.74) is 0. The van der Waals surface area contributed by atoms with Gasteiger partial charge >= 0.3 is 0 Å². The molecule has 0 aromatic rings. The van der Waals surface area contributed by atoms with Gasteiger partial charge in [0.15, 0.2) is 0 Å². The Labute approximate surface area is 113 Å². The van der Waals surface area contributed by atoms with Crippen molar-refractivity contribution in [1.82, 2.24) is 15.1 Å². The Kier molecular flexibility index (Phi) is 5.46. The van der Waals surface area contributed by atoms with Crippen LogP contribution in [0.2, 0.25) is 0 Å². The van der Waals surface area contributed by atoms with Crippen LogP contribution >= 0.6 is 0 Å². The molecule has 0 bridgehead atoms. The second-order valence-electron chi connectivity index (χ2n) is 6.39. The molecule has 2 saturated heterocycles. The fraction of sp³-hybridized carbons (Fsp3) is 1.00. The van der Waals surface area contributed by atoms with Gasteiger partial charge in [-0.05, 0) is 65.2 Å². The van der Waals surface area contributed by atoms with Crippen LogP contribution in [0.25, 0.3) is 0 Å². The highest BCUT2D eigenvalue weighted by Crippen LogP contribution is 2.20. The molecule has 3 nitrogen and oxygen atoms in total. The summed E-state index contributed by atoms with van der Waals surface area (Å²) in [5, 5.41) is 3.55. The SMILES string of the molecule is CCN1CCCC1CN(C)CC1CCNC(C)C1. The number of piperidine rings is 1. The van der Waals surface area contributed by atoms with Crippen molar-refractivity contribution >= 4 is 0 Å².